The van der Waals surface area contributed by atoms with Crippen LogP contribution >= 0.6 is 0 Å². The first-order chi connectivity index (χ1) is 6.63. The summed E-state index contributed by atoms with van der Waals surface area (Å²) in [6, 6.07) is 2.65. The van der Waals surface area contributed by atoms with Crippen LogP contribution < -0.4 is 5.32 Å². The molecular weight excluding hydrogens is 172 g/mol. The van der Waals surface area contributed by atoms with E-state index in [1.807, 2.05) is 7.05 Å². The second-order valence-electron chi connectivity index (χ2n) is 4.38. The van der Waals surface area contributed by atoms with Crippen molar-refractivity contribution >= 4 is 0 Å². The van der Waals surface area contributed by atoms with E-state index in [1.54, 1.807) is 0 Å². The van der Waals surface area contributed by atoms with Crippen molar-refractivity contribution in [3.63, 3.8) is 0 Å². The van der Waals surface area contributed by atoms with Crippen molar-refractivity contribution in [3.8, 4) is 0 Å². The molecule has 0 amide bonds. The molecule has 0 bridgehead atoms. The van der Waals surface area contributed by atoms with E-state index in [-0.39, 0.29) is 0 Å². The highest BCUT2D eigenvalue weighted by Crippen LogP contribution is 2.13. The van der Waals surface area contributed by atoms with E-state index in [4.69, 9.17) is 0 Å². The molecule has 1 N–H and O–H groups in total. The minimum Gasteiger partial charge on any atom is -0.354 e. The highest BCUT2D eigenvalue weighted by atomic mass is 14.9. The Hall–Kier alpha value is -0.760. The van der Waals surface area contributed by atoms with Crippen LogP contribution in [0, 0.1) is 5.92 Å². The second-order valence-corrected chi connectivity index (χ2v) is 4.38. The molecule has 1 heterocycles. The zero-order chi connectivity index (χ0) is 10.6. The minimum absolute atomic E-state index is 0.454. The van der Waals surface area contributed by atoms with Gasteiger partial charge in [0.15, 0.2) is 0 Å². The predicted molar refractivity (Wildman–Crippen MR) is 61.4 cm³/mol. The summed E-state index contributed by atoms with van der Waals surface area (Å²) in [6.45, 7) is 7.84. The van der Waals surface area contributed by atoms with E-state index >= 15 is 0 Å². The summed E-state index contributed by atoms with van der Waals surface area (Å²) in [7, 11) is 2.00. The largest absolute Gasteiger partial charge is 0.354 e. The van der Waals surface area contributed by atoms with Gasteiger partial charge in [-0.1, -0.05) is 13.8 Å². The van der Waals surface area contributed by atoms with Crippen molar-refractivity contribution in [2.24, 2.45) is 5.92 Å². The molecule has 14 heavy (non-hydrogen) atoms. The first kappa shape index (κ1) is 11.3. The fourth-order valence-electron chi connectivity index (χ4n) is 1.43. The third-order valence-electron chi connectivity index (χ3n) is 2.67. The molecule has 0 fully saturated rings. The number of aryl methyl sites for hydroxylation is 1. The monoisotopic (exact) mass is 194 g/mol. The van der Waals surface area contributed by atoms with E-state index in [9.17, 15) is 0 Å². The van der Waals surface area contributed by atoms with E-state index in [0.717, 1.165) is 12.5 Å². The number of rotatable bonds is 5. The van der Waals surface area contributed by atoms with E-state index < -0.39 is 0 Å². The lowest BCUT2D eigenvalue weighted by molar-refractivity contribution is 0.516. The molecule has 2 nitrogen and oxygen atoms in total. The molecule has 1 rings (SSSR count). The SMILES string of the molecule is CNC(C)c1ccn(CCC(C)C)c1. The van der Waals surface area contributed by atoms with Crippen LogP contribution in [0.2, 0.25) is 0 Å². The fraction of sp³-hybridized carbons (Fsp3) is 0.667. The summed E-state index contributed by atoms with van der Waals surface area (Å²) >= 11 is 0. The molecule has 0 aromatic carbocycles. The molecule has 0 aliphatic rings. The zero-order valence-corrected chi connectivity index (χ0v) is 9.75. The molecule has 0 saturated heterocycles. The molecule has 0 aliphatic carbocycles. The number of aromatic nitrogens is 1. The average molecular weight is 194 g/mol. The molecule has 2 heteroatoms. The average Bonchev–Trinajstić information content (AvgIpc) is 2.62. The van der Waals surface area contributed by atoms with Crippen LogP contribution in [0.25, 0.3) is 0 Å². The van der Waals surface area contributed by atoms with Gasteiger partial charge in [-0.15, -0.1) is 0 Å². The van der Waals surface area contributed by atoms with Gasteiger partial charge in [0.1, 0.15) is 0 Å². The Morgan fingerprint density at radius 1 is 1.36 bits per heavy atom. The smallest absolute Gasteiger partial charge is 0.0304 e. The van der Waals surface area contributed by atoms with Crippen molar-refractivity contribution in [2.75, 3.05) is 7.05 Å². The third-order valence-corrected chi connectivity index (χ3v) is 2.67. The maximum atomic E-state index is 3.25. The van der Waals surface area contributed by atoms with Crippen molar-refractivity contribution < 1.29 is 0 Å². The summed E-state index contributed by atoms with van der Waals surface area (Å²) in [6.07, 6.45) is 5.66. The highest BCUT2D eigenvalue weighted by Gasteiger charge is 2.04. The highest BCUT2D eigenvalue weighted by molar-refractivity contribution is 5.14. The van der Waals surface area contributed by atoms with Gasteiger partial charge in [0.25, 0.3) is 0 Å². The van der Waals surface area contributed by atoms with Crippen LogP contribution in [0.15, 0.2) is 18.5 Å². The summed E-state index contributed by atoms with van der Waals surface area (Å²) < 4.78 is 2.28. The molecular formula is C12H22N2. The molecule has 1 aromatic heterocycles. The summed E-state index contributed by atoms with van der Waals surface area (Å²) in [5.74, 6) is 0.780. The maximum absolute atomic E-state index is 3.25. The van der Waals surface area contributed by atoms with Gasteiger partial charge in [-0.2, -0.15) is 0 Å². The third kappa shape index (κ3) is 3.18. The van der Waals surface area contributed by atoms with Gasteiger partial charge in [0.2, 0.25) is 0 Å². The minimum atomic E-state index is 0.454. The van der Waals surface area contributed by atoms with Gasteiger partial charge in [-0.05, 0) is 37.9 Å². The number of hydrogen-bond donors (Lipinski definition) is 1. The lowest BCUT2D eigenvalue weighted by Crippen LogP contribution is -2.11. The van der Waals surface area contributed by atoms with Crippen molar-refractivity contribution in [1.82, 2.24) is 9.88 Å². The molecule has 0 saturated carbocycles. The van der Waals surface area contributed by atoms with Crippen LogP contribution in [0.4, 0.5) is 0 Å². The maximum Gasteiger partial charge on any atom is 0.0304 e. The van der Waals surface area contributed by atoms with Gasteiger partial charge >= 0.3 is 0 Å². The summed E-state index contributed by atoms with van der Waals surface area (Å²) in [5, 5.41) is 3.25. The molecule has 0 radical (unpaired) electrons. The number of hydrogen-bond acceptors (Lipinski definition) is 1. The van der Waals surface area contributed by atoms with Gasteiger partial charge in [0.05, 0.1) is 0 Å². The Morgan fingerprint density at radius 3 is 2.64 bits per heavy atom. The standard InChI is InChI=1S/C12H22N2/c1-10(2)5-7-14-8-6-12(9-14)11(3)13-4/h6,8-11,13H,5,7H2,1-4H3. The Bertz CT molecular complexity index is 263. The van der Waals surface area contributed by atoms with E-state index in [1.165, 1.54) is 12.0 Å². The van der Waals surface area contributed by atoms with Crippen LogP contribution in [0.3, 0.4) is 0 Å². The van der Waals surface area contributed by atoms with Crippen molar-refractivity contribution in [3.05, 3.63) is 24.0 Å². The van der Waals surface area contributed by atoms with Gasteiger partial charge < -0.3 is 9.88 Å². The van der Waals surface area contributed by atoms with Crippen molar-refractivity contribution in [1.29, 1.82) is 0 Å². The van der Waals surface area contributed by atoms with Crippen LogP contribution in [-0.2, 0) is 6.54 Å². The Morgan fingerprint density at radius 2 is 2.07 bits per heavy atom. The lowest BCUT2D eigenvalue weighted by Gasteiger charge is -2.08. The molecule has 1 atom stereocenters. The summed E-state index contributed by atoms with van der Waals surface area (Å²) in [5.41, 5.74) is 1.37. The Labute approximate surface area is 87.3 Å². The van der Waals surface area contributed by atoms with E-state index in [2.05, 4.69) is 49.1 Å². The zero-order valence-electron chi connectivity index (χ0n) is 9.75. The Balaban J connectivity index is 2.50. The van der Waals surface area contributed by atoms with Gasteiger partial charge in [-0.25, -0.2) is 0 Å². The van der Waals surface area contributed by atoms with E-state index in [0.29, 0.717) is 6.04 Å². The van der Waals surface area contributed by atoms with Crippen LogP contribution in [0.5, 0.6) is 0 Å². The fourth-order valence-corrected chi connectivity index (χ4v) is 1.43. The molecule has 0 spiro atoms. The van der Waals surface area contributed by atoms with Crippen LogP contribution in [-0.4, -0.2) is 11.6 Å². The van der Waals surface area contributed by atoms with Gasteiger partial charge in [-0.3, -0.25) is 0 Å². The first-order valence-electron chi connectivity index (χ1n) is 5.46. The molecule has 1 aromatic rings. The Kier molecular flexibility index (Phi) is 4.21. The quantitative estimate of drug-likeness (QED) is 0.762. The predicted octanol–water partition coefficient (Wildman–Crippen LogP) is 2.81. The lowest BCUT2D eigenvalue weighted by atomic mass is 10.1. The number of nitrogens with zero attached hydrogens (tertiary/aromatic N) is 1. The molecule has 1 unspecified atom stereocenters. The van der Waals surface area contributed by atoms with Crippen LogP contribution in [0.1, 0.15) is 38.8 Å². The number of nitrogens with one attached hydrogen (secondary N) is 1. The topological polar surface area (TPSA) is 17.0 Å². The normalized spacial score (nSPS) is 13.5. The van der Waals surface area contributed by atoms with Gasteiger partial charge in [0, 0.05) is 25.0 Å². The molecule has 0 aliphatic heterocycles. The first-order valence-corrected chi connectivity index (χ1v) is 5.46. The summed E-state index contributed by atoms with van der Waals surface area (Å²) in [4.78, 5) is 0. The van der Waals surface area contributed by atoms with Crippen molar-refractivity contribution in [2.45, 2.75) is 39.8 Å². The second kappa shape index (κ2) is 5.20. The molecule has 80 valence electrons.